The molecule has 1 aliphatic heterocycles. The number of rotatable bonds is 4. The van der Waals surface area contributed by atoms with Crippen molar-refractivity contribution in [1.82, 2.24) is 5.32 Å². The minimum absolute atomic E-state index is 0.0356. The second-order valence-electron chi connectivity index (χ2n) is 9.86. The SMILES string of the molecule is COc1ccccc1C1CC(=O)C2=C(C1)NC(C)=C(C(=O)OC(C)(C)C)C2c1cccc(O)c1. The maximum absolute atomic E-state index is 13.7. The molecule has 0 amide bonds. The normalized spacial score (nSPS) is 20.6. The average Bonchev–Trinajstić information content (AvgIpc) is 2.76. The van der Waals surface area contributed by atoms with Crippen molar-refractivity contribution in [3.05, 3.63) is 82.2 Å². The van der Waals surface area contributed by atoms with E-state index in [2.05, 4.69) is 5.32 Å². The molecule has 2 aromatic rings. The van der Waals surface area contributed by atoms with E-state index in [4.69, 9.17) is 9.47 Å². The highest BCUT2D eigenvalue weighted by Gasteiger charge is 2.42. The molecule has 6 nitrogen and oxygen atoms in total. The number of allylic oxidation sites excluding steroid dienone is 3. The fourth-order valence-electron chi connectivity index (χ4n) is 4.90. The Balaban J connectivity index is 1.81. The molecular formula is C28H31NO5. The van der Waals surface area contributed by atoms with Gasteiger partial charge in [-0.05, 0) is 63.4 Å². The molecule has 2 unspecified atom stereocenters. The number of nitrogens with one attached hydrogen (secondary N) is 1. The van der Waals surface area contributed by atoms with Crippen molar-refractivity contribution in [2.75, 3.05) is 7.11 Å². The van der Waals surface area contributed by atoms with E-state index >= 15 is 0 Å². The summed E-state index contributed by atoms with van der Waals surface area (Å²) in [7, 11) is 1.63. The van der Waals surface area contributed by atoms with Crippen LogP contribution < -0.4 is 10.1 Å². The van der Waals surface area contributed by atoms with Gasteiger partial charge in [0.1, 0.15) is 17.1 Å². The summed E-state index contributed by atoms with van der Waals surface area (Å²) >= 11 is 0. The number of hydrogen-bond donors (Lipinski definition) is 2. The van der Waals surface area contributed by atoms with E-state index in [1.165, 1.54) is 0 Å². The number of carbonyl (C=O) groups is 2. The highest BCUT2D eigenvalue weighted by atomic mass is 16.6. The summed E-state index contributed by atoms with van der Waals surface area (Å²) < 4.78 is 11.3. The van der Waals surface area contributed by atoms with Crippen LogP contribution in [0.15, 0.2) is 71.1 Å². The lowest BCUT2D eigenvalue weighted by Gasteiger charge is -2.37. The van der Waals surface area contributed by atoms with Crippen molar-refractivity contribution < 1.29 is 24.2 Å². The first kappa shape index (κ1) is 23.6. The van der Waals surface area contributed by atoms with E-state index in [1.807, 2.05) is 58.0 Å². The molecule has 2 aliphatic rings. The van der Waals surface area contributed by atoms with Crippen LogP contribution in [0.3, 0.4) is 0 Å². The van der Waals surface area contributed by atoms with E-state index in [-0.39, 0.29) is 17.5 Å². The summed E-state index contributed by atoms with van der Waals surface area (Å²) in [5, 5.41) is 13.5. The zero-order valence-electron chi connectivity index (χ0n) is 20.3. The summed E-state index contributed by atoms with van der Waals surface area (Å²) in [5.41, 5.74) is 3.37. The summed E-state index contributed by atoms with van der Waals surface area (Å²) in [6.45, 7) is 7.27. The molecule has 0 radical (unpaired) electrons. The number of esters is 1. The van der Waals surface area contributed by atoms with Crippen molar-refractivity contribution in [2.24, 2.45) is 0 Å². The number of benzene rings is 2. The van der Waals surface area contributed by atoms with Gasteiger partial charge in [0, 0.05) is 35.2 Å². The molecule has 6 heteroatoms. The predicted octanol–water partition coefficient (Wildman–Crippen LogP) is 5.10. The smallest absolute Gasteiger partial charge is 0.337 e. The Kier molecular flexibility index (Phi) is 6.26. The van der Waals surface area contributed by atoms with Crippen LogP contribution in [0.25, 0.3) is 0 Å². The van der Waals surface area contributed by atoms with Gasteiger partial charge in [0.05, 0.1) is 12.7 Å². The topological polar surface area (TPSA) is 84.9 Å². The molecule has 2 N–H and O–H groups in total. The number of phenols is 1. The third kappa shape index (κ3) is 4.58. The van der Waals surface area contributed by atoms with E-state index in [9.17, 15) is 14.7 Å². The quantitative estimate of drug-likeness (QED) is 0.616. The molecule has 0 aromatic heterocycles. The molecule has 2 atom stereocenters. The van der Waals surface area contributed by atoms with Crippen LogP contribution in [0.4, 0.5) is 0 Å². The monoisotopic (exact) mass is 461 g/mol. The van der Waals surface area contributed by atoms with Gasteiger partial charge in [-0.25, -0.2) is 4.79 Å². The first-order chi connectivity index (χ1) is 16.1. The van der Waals surface area contributed by atoms with Crippen molar-refractivity contribution in [3.63, 3.8) is 0 Å². The lowest BCUT2D eigenvalue weighted by atomic mass is 9.71. The maximum Gasteiger partial charge on any atom is 0.337 e. The number of phenolic OH excluding ortho intramolecular Hbond substituents is 1. The van der Waals surface area contributed by atoms with Gasteiger partial charge >= 0.3 is 5.97 Å². The van der Waals surface area contributed by atoms with Gasteiger partial charge in [-0.2, -0.15) is 0 Å². The molecule has 0 spiro atoms. The lowest BCUT2D eigenvalue weighted by Crippen LogP contribution is -2.37. The van der Waals surface area contributed by atoms with Crippen LogP contribution >= 0.6 is 0 Å². The van der Waals surface area contributed by atoms with Gasteiger partial charge in [0.2, 0.25) is 0 Å². The summed E-state index contributed by atoms with van der Waals surface area (Å²) in [6.07, 6.45) is 0.909. The Labute approximate surface area is 200 Å². The molecular weight excluding hydrogens is 430 g/mol. The maximum atomic E-state index is 13.7. The molecule has 1 heterocycles. The van der Waals surface area contributed by atoms with Gasteiger partial charge in [-0.3, -0.25) is 4.79 Å². The molecule has 0 saturated carbocycles. The molecule has 2 aromatic carbocycles. The van der Waals surface area contributed by atoms with Crippen LogP contribution in [0, 0.1) is 0 Å². The van der Waals surface area contributed by atoms with E-state index in [0.717, 1.165) is 17.0 Å². The predicted molar refractivity (Wildman–Crippen MR) is 130 cm³/mol. The van der Waals surface area contributed by atoms with Crippen LogP contribution in [-0.2, 0) is 14.3 Å². The highest BCUT2D eigenvalue weighted by molar-refractivity contribution is 6.04. The minimum Gasteiger partial charge on any atom is -0.508 e. The van der Waals surface area contributed by atoms with Crippen LogP contribution in [-0.4, -0.2) is 29.6 Å². The van der Waals surface area contributed by atoms with Crippen LogP contribution in [0.2, 0.25) is 0 Å². The summed E-state index contributed by atoms with van der Waals surface area (Å²) in [5.74, 6) is -0.343. The van der Waals surface area contributed by atoms with E-state index in [1.54, 1.807) is 25.3 Å². The number of aromatic hydroxyl groups is 1. The zero-order valence-corrected chi connectivity index (χ0v) is 20.3. The Morgan fingerprint density at radius 1 is 1.09 bits per heavy atom. The van der Waals surface area contributed by atoms with Crippen LogP contribution in [0.5, 0.6) is 11.5 Å². The van der Waals surface area contributed by atoms with Crippen molar-refractivity contribution in [2.45, 2.75) is 58.0 Å². The number of methoxy groups -OCH3 is 1. The molecule has 34 heavy (non-hydrogen) atoms. The van der Waals surface area contributed by atoms with E-state index in [0.29, 0.717) is 35.2 Å². The molecule has 0 bridgehead atoms. The number of dihydropyridines is 1. The Morgan fingerprint density at radius 3 is 2.50 bits per heavy atom. The van der Waals surface area contributed by atoms with Gasteiger partial charge < -0.3 is 19.9 Å². The number of para-hydroxylation sites is 1. The standard InChI is InChI=1S/C28H31NO5/c1-16-24(27(32)34-28(2,3)4)25(17-9-8-10-19(30)13-17)26-21(29-16)14-18(15-22(26)31)20-11-6-7-12-23(20)33-5/h6-13,18,25,29-30H,14-15H2,1-5H3. The molecule has 0 fully saturated rings. The number of hydrogen-bond acceptors (Lipinski definition) is 6. The minimum atomic E-state index is -0.687. The second-order valence-corrected chi connectivity index (χ2v) is 9.86. The van der Waals surface area contributed by atoms with Crippen LogP contribution in [0.1, 0.15) is 63.5 Å². The van der Waals surface area contributed by atoms with Crippen molar-refractivity contribution in [1.29, 1.82) is 0 Å². The molecule has 1 aliphatic carbocycles. The first-order valence-corrected chi connectivity index (χ1v) is 11.5. The van der Waals surface area contributed by atoms with Gasteiger partial charge in [0.15, 0.2) is 5.78 Å². The number of Topliss-reactive ketones (excluding diaryl/α,β-unsaturated/α-hetero) is 1. The third-order valence-corrected chi connectivity index (χ3v) is 6.23. The van der Waals surface area contributed by atoms with Gasteiger partial charge in [-0.15, -0.1) is 0 Å². The van der Waals surface area contributed by atoms with Gasteiger partial charge in [0.25, 0.3) is 0 Å². The largest absolute Gasteiger partial charge is 0.508 e. The van der Waals surface area contributed by atoms with Crippen molar-refractivity contribution >= 4 is 11.8 Å². The summed E-state index contributed by atoms with van der Waals surface area (Å²) in [4.78, 5) is 27.0. The summed E-state index contributed by atoms with van der Waals surface area (Å²) in [6, 6.07) is 14.5. The zero-order chi connectivity index (χ0) is 24.6. The lowest BCUT2D eigenvalue weighted by molar-refractivity contribution is -0.150. The fraction of sp³-hybridized carbons (Fsp3) is 0.357. The Morgan fingerprint density at radius 2 is 1.82 bits per heavy atom. The number of ketones is 1. The molecule has 0 saturated heterocycles. The Bertz CT molecular complexity index is 1200. The van der Waals surface area contributed by atoms with E-state index < -0.39 is 17.5 Å². The number of carbonyl (C=O) groups excluding carboxylic acids is 2. The number of ether oxygens (including phenoxy) is 2. The van der Waals surface area contributed by atoms with Crippen molar-refractivity contribution in [3.8, 4) is 11.5 Å². The fourth-order valence-corrected chi connectivity index (χ4v) is 4.90. The first-order valence-electron chi connectivity index (χ1n) is 11.5. The average molecular weight is 462 g/mol. The second kappa shape index (κ2) is 9.01. The molecule has 4 rings (SSSR count). The Hall–Kier alpha value is -3.54. The highest BCUT2D eigenvalue weighted by Crippen LogP contribution is 2.47. The molecule has 178 valence electrons. The van der Waals surface area contributed by atoms with Gasteiger partial charge in [-0.1, -0.05) is 30.3 Å². The third-order valence-electron chi connectivity index (χ3n) is 6.23.